The van der Waals surface area contributed by atoms with E-state index < -0.39 is 0 Å². The normalized spacial score (nSPS) is 11.1. The van der Waals surface area contributed by atoms with Crippen LogP contribution >= 0.6 is 11.3 Å². The minimum Gasteiger partial charge on any atom is -0.292 e. The van der Waals surface area contributed by atoms with Crippen LogP contribution in [0, 0.1) is 11.3 Å². The summed E-state index contributed by atoms with van der Waals surface area (Å²) in [5.41, 5.74) is 3.41. The topological polar surface area (TPSA) is 58.7 Å². The zero-order valence-corrected chi connectivity index (χ0v) is 17.8. The van der Waals surface area contributed by atoms with Crippen LogP contribution < -0.4 is 5.56 Å². The summed E-state index contributed by atoms with van der Waals surface area (Å²) in [5.74, 6) is 0.756. The lowest BCUT2D eigenvalue weighted by Gasteiger charge is -2.12. The minimum absolute atomic E-state index is 0.0337. The highest BCUT2D eigenvalue weighted by Crippen LogP contribution is 2.33. The van der Waals surface area contributed by atoms with Crippen molar-refractivity contribution in [1.29, 1.82) is 5.26 Å². The number of aryl methyl sites for hydroxylation is 1. The predicted octanol–water partition coefficient (Wildman–Crippen LogP) is 5.76. The highest BCUT2D eigenvalue weighted by molar-refractivity contribution is 7.17. The zero-order chi connectivity index (χ0) is 21.4. The number of benzene rings is 3. The first-order valence-corrected chi connectivity index (χ1v) is 11.0. The lowest BCUT2D eigenvalue weighted by molar-refractivity contribution is 0.687. The summed E-state index contributed by atoms with van der Waals surface area (Å²) in [5, 5.41) is 14.2. The third-order valence-corrected chi connectivity index (χ3v) is 6.42. The molecule has 0 spiro atoms. The molecular weight excluding hydrogens is 402 g/mol. The van der Waals surface area contributed by atoms with Crippen molar-refractivity contribution in [3.63, 3.8) is 0 Å². The fourth-order valence-electron chi connectivity index (χ4n) is 3.99. The molecule has 0 N–H and O–H groups in total. The summed E-state index contributed by atoms with van der Waals surface area (Å²) in [6, 6.07) is 24.1. The number of hydrogen-bond acceptors (Lipinski definition) is 4. The number of nitrogens with zero attached hydrogens (tertiary/aromatic N) is 3. The maximum absolute atomic E-state index is 13.7. The Balaban J connectivity index is 1.69. The Morgan fingerprint density at radius 2 is 1.87 bits per heavy atom. The van der Waals surface area contributed by atoms with E-state index in [1.165, 1.54) is 16.7 Å². The van der Waals surface area contributed by atoms with E-state index in [0.717, 1.165) is 32.7 Å². The first-order valence-electron chi connectivity index (χ1n) is 10.2. The zero-order valence-electron chi connectivity index (χ0n) is 17.0. The molecule has 0 atom stereocenters. The van der Waals surface area contributed by atoms with Crippen molar-refractivity contribution in [2.45, 2.75) is 19.9 Å². The fourth-order valence-corrected chi connectivity index (χ4v) is 4.95. The number of rotatable bonds is 4. The summed E-state index contributed by atoms with van der Waals surface area (Å²) in [7, 11) is 0. The molecule has 5 rings (SSSR count). The van der Waals surface area contributed by atoms with Gasteiger partial charge in [-0.25, -0.2) is 4.98 Å². The molecule has 4 nitrogen and oxygen atoms in total. The van der Waals surface area contributed by atoms with Crippen LogP contribution in [-0.4, -0.2) is 9.55 Å². The number of nitriles is 1. The van der Waals surface area contributed by atoms with E-state index in [1.54, 1.807) is 10.6 Å². The monoisotopic (exact) mass is 421 g/mol. The second-order valence-corrected chi connectivity index (χ2v) is 8.33. The Labute approximate surface area is 183 Å². The summed E-state index contributed by atoms with van der Waals surface area (Å²) >= 11 is 1.51. The molecule has 3 aromatic carbocycles. The van der Waals surface area contributed by atoms with Crippen LogP contribution in [-0.2, 0) is 13.0 Å². The smallest absolute Gasteiger partial charge is 0.263 e. The first kappa shape index (κ1) is 19.2. The summed E-state index contributed by atoms with van der Waals surface area (Å²) in [6.45, 7) is 2.40. The van der Waals surface area contributed by atoms with Crippen molar-refractivity contribution in [2.75, 3.05) is 0 Å². The molecule has 150 valence electrons. The third-order valence-electron chi connectivity index (χ3n) is 5.55. The summed E-state index contributed by atoms with van der Waals surface area (Å²) in [6.07, 6.45) is 0.659. The second-order valence-electron chi connectivity index (χ2n) is 7.48. The highest BCUT2D eigenvalue weighted by atomic mass is 32.1. The van der Waals surface area contributed by atoms with Gasteiger partial charge < -0.3 is 0 Å². The molecule has 5 aromatic rings. The van der Waals surface area contributed by atoms with Gasteiger partial charge in [-0.3, -0.25) is 9.36 Å². The van der Waals surface area contributed by atoms with Gasteiger partial charge >= 0.3 is 0 Å². The van der Waals surface area contributed by atoms with Crippen LogP contribution in [0.3, 0.4) is 0 Å². The standard InChI is InChI=1S/C26H19N3OS/c1-2-23-28-25-24(26(30)29(23)15-18-7-5-6-17(12-18)14-27)22(16-31-25)21-11-10-19-8-3-4-9-20(19)13-21/h3-13,16H,2,15H2,1H3. The van der Waals surface area contributed by atoms with E-state index in [2.05, 4.69) is 36.4 Å². The minimum atomic E-state index is -0.0337. The van der Waals surface area contributed by atoms with Crippen molar-refractivity contribution >= 4 is 32.3 Å². The van der Waals surface area contributed by atoms with Gasteiger partial charge in [0.1, 0.15) is 10.7 Å². The molecule has 0 radical (unpaired) electrons. The lowest BCUT2D eigenvalue weighted by Crippen LogP contribution is -2.25. The van der Waals surface area contributed by atoms with Crippen molar-refractivity contribution in [3.05, 3.63) is 99.4 Å². The number of hydrogen-bond donors (Lipinski definition) is 0. The largest absolute Gasteiger partial charge is 0.292 e. The molecule has 0 bridgehead atoms. The van der Waals surface area contributed by atoms with E-state index >= 15 is 0 Å². The first-order chi connectivity index (χ1) is 15.2. The molecule has 2 aromatic heterocycles. The van der Waals surface area contributed by atoms with E-state index in [9.17, 15) is 10.1 Å². The quantitative estimate of drug-likeness (QED) is 0.371. The molecule has 2 heterocycles. The second kappa shape index (κ2) is 7.82. The highest BCUT2D eigenvalue weighted by Gasteiger charge is 2.17. The maximum atomic E-state index is 13.7. The van der Waals surface area contributed by atoms with E-state index in [1.807, 2.05) is 42.6 Å². The van der Waals surface area contributed by atoms with Crippen molar-refractivity contribution in [3.8, 4) is 17.2 Å². The van der Waals surface area contributed by atoms with Crippen LogP contribution in [0.5, 0.6) is 0 Å². The van der Waals surface area contributed by atoms with Crippen molar-refractivity contribution in [2.24, 2.45) is 0 Å². The summed E-state index contributed by atoms with van der Waals surface area (Å²) in [4.78, 5) is 19.2. The Morgan fingerprint density at radius 1 is 1.03 bits per heavy atom. The van der Waals surface area contributed by atoms with E-state index in [-0.39, 0.29) is 5.56 Å². The number of thiophene rings is 1. The molecule has 0 amide bonds. The molecule has 0 aliphatic carbocycles. The van der Waals surface area contributed by atoms with Gasteiger partial charge in [0, 0.05) is 17.4 Å². The molecule has 0 aliphatic heterocycles. The van der Waals surface area contributed by atoms with Gasteiger partial charge in [0.15, 0.2) is 0 Å². The third kappa shape index (κ3) is 3.41. The maximum Gasteiger partial charge on any atom is 0.263 e. The van der Waals surface area contributed by atoms with Crippen LogP contribution in [0.15, 0.2) is 76.9 Å². The molecule has 0 saturated heterocycles. The number of fused-ring (bicyclic) bond motifs is 2. The van der Waals surface area contributed by atoms with Gasteiger partial charge in [0.2, 0.25) is 0 Å². The van der Waals surface area contributed by atoms with Gasteiger partial charge in [-0.1, -0.05) is 55.5 Å². The van der Waals surface area contributed by atoms with Crippen molar-refractivity contribution < 1.29 is 0 Å². The molecule has 0 fully saturated rings. The van der Waals surface area contributed by atoms with Crippen LogP contribution in [0.1, 0.15) is 23.9 Å². The average Bonchev–Trinajstić information content (AvgIpc) is 3.24. The molecule has 5 heteroatoms. The van der Waals surface area contributed by atoms with E-state index in [0.29, 0.717) is 23.9 Å². The summed E-state index contributed by atoms with van der Waals surface area (Å²) < 4.78 is 1.75. The average molecular weight is 422 g/mol. The Hall–Kier alpha value is -3.75. The predicted molar refractivity (Wildman–Crippen MR) is 126 cm³/mol. The van der Waals surface area contributed by atoms with Crippen LogP contribution in [0.4, 0.5) is 0 Å². The van der Waals surface area contributed by atoms with Gasteiger partial charge in [-0.2, -0.15) is 5.26 Å². The van der Waals surface area contributed by atoms with Gasteiger partial charge in [-0.05, 0) is 40.1 Å². The Bertz CT molecular complexity index is 1540. The van der Waals surface area contributed by atoms with Crippen LogP contribution in [0.2, 0.25) is 0 Å². The SMILES string of the molecule is CCc1nc2scc(-c3ccc4ccccc4c3)c2c(=O)n1Cc1cccc(C#N)c1. The Morgan fingerprint density at radius 3 is 2.68 bits per heavy atom. The fraction of sp³-hybridized carbons (Fsp3) is 0.115. The molecule has 0 unspecified atom stereocenters. The lowest BCUT2D eigenvalue weighted by atomic mass is 10.0. The van der Waals surface area contributed by atoms with Gasteiger partial charge in [0.05, 0.1) is 23.6 Å². The van der Waals surface area contributed by atoms with Gasteiger partial charge in [0.25, 0.3) is 5.56 Å². The Kier molecular flexibility index (Phi) is 4.85. The molecule has 0 saturated carbocycles. The van der Waals surface area contributed by atoms with Gasteiger partial charge in [-0.15, -0.1) is 11.3 Å². The molecular formula is C26H19N3OS. The number of aromatic nitrogens is 2. The van der Waals surface area contributed by atoms with E-state index in [4.69, 9.17) is 4.98 Å². The van der Waals surface area contributed by atoms with Crippen molar-refractivity contribution in [1.82, 2.24) is 9.55 Å². The molecule has 0 aliphatic rings. The van der Waals surface area contributed by atoms with Crippen LogP contribution in [0.25, 0.3) is 32.1 Å². The molecule has 31 heavy (non-hydrogen) atoms.